The lowest BCUT2D eigenvalue weighted by Gasteiger charge is -2.22. The first-order valence-electron chi connectivity index (χ1n) is 6.59. The molecule has 1 N–H and O–H groups in total. The molecule has 1 aromatic carbocycles. The number of halogens is 1. The van der Waals surface area contributed by atoms with E-state index in [1.54, 1.807) is 6.07 Å². The van der Waals surface area contributed by atoms with Crippen molar-refractivity contribution >= 4 is 11.8 Å². The summed E-state index contributed by atoms with van der Waals surface area (Å²) in [5, 5.41) is 3.67. The van der Waals surface area contributed by atoms with E-state index in [0.29, 0.717) is 18.4 Å². The fourth-order valence-electron chi connectivity index (χ4n) is 2.69. The predicted octanol–water partition coefficient (Wildman–Crippen LogP) is 3.13. The van der Waals surface area contributed by atoms with E-state index in [1.807, 2.05) is 17.8 Å². The van der Waals surface area contributed by atoms with Crippen molar-refractivity contribution in [1.82, 2.24) is 5.32 Å². The number of rotatable bonds is 2. The van der Waals surface area contributed by atoms with Gasteiger partial charge in [0, 0.05) is 23.4 Å². The molecule has 2 aliphatic heterocycles. The Morgan fingerprint density at radius 2 is 2.28 bits per heavy atom. The van der Waals surface area contributed by atoms with Crippen molar-refractivity contribution in [1.29, 1.82) is 0 Å². The molecular weight excluding hydrogens is 249 g/mol. The third kappa shape index (κ3) is 2.50. The van der Waals surface area contributed by atoms with Gasteiger partial charge in [0.1, 0.15) is 0 Å². The van der Waals surface area contributed by atoms with Gasteiger partial charge in [0.25, 0.3) is 0 Å². The van der Waals surface area contributed by atoms with Crippen LogP contribution >= 0.6 is 11.8 Å². The summed E-state index contributed by atoms with van der Waals surface area (Å²) in [5.74, 6) is 2.62. The Bertz CT molecular complexity index is 420. The third-order valence-corrected chi connectivity index (χ3v) is 4.79. The van der Waals surface area contributed by atoms with E-state index in [0.717, 1.165) is 18.4 Å². The van der Waals surface area contributed by atoms with E-state index >= 15 is 0 Å². The lowest BCUT2D eigenvalue weighted by molar-refractivity contribution is 0.300. The minimum Gasteiger partial charge on any atom is -0.490 e. The van der Waals surface area contributed by atoms with Crippen molar-refractivity contribution in [3.05, 3.63) is 29.6 Å². The van der Waals surface area contributed by atoms with E-state index in [4.69, 9.17) is 4.74 Å². The number of fused-ring (bicyclic) bond motifs is 1. The Morgan fingerprint density at radius 1 is 1.33 bits per heavy atom. The van der Waals surface area contributed by atoms with Crippen molar-refractivity contribution in [3.63, 3.8) is 0 Å². The van der Waals surface area contributed by atoms with Crippen LogP contribution in [-0.4, -0.2) is 24.2 Å². The molecule has 98 valence electrons. The highest BCUT2D eigenvalue weighted by Gasteiger charge is 2.25. The Labute approximate surface area is 111 Å². The third-order valence-electron chi connectivity index (χ3n) is 3.62. The topological polar surface area (TPSA) is 21.3 Å². The Balaban J connectivity index is 1.84. The first-order chi connectivity index (χ1) is 8.84. The molecule has 2 heterocycles. The number of nitrogens with one attached hydrogen (secondary N) is 1. The van der Waals surface area contributed by atoms with Crippen molar-refractivity contribution in [2.45, 2.75) is 31.3 Å². The molecule has 4 heteroatoms. The molecule has 2 atom stereocenters. The lowest BCUT2D eigenvalue weighted by atomic mass is 10.0. The molecule has 0 aliphatic carbocycles. The second-order valence-electron chi connectivity index (χ2n) is 4.93. The smallest absolute Gasteiger partial charge is 0.165 e. The van der Waals surface area contributed by atoms with Gasteiger partial charge in [-0.25, -0.2) is 4.39 Å². The molecule has 1 fully saturated rings. The van der Waals surface area contributed by atoms with E-state index in [1.165, 1.54) is 24.0 Å². The molecule has 1 aromatic rings. The zero-order valence-corrected chi connectivity index (χ0v) is 11.1. The Kier molecular flexibility index (Phi) is 3.75. The van der Waals surface area contributed by atoms with E-state index in [9.17, 15) is 4.39 Å². The fraction of sp³-hybridized carbons (Fsp3) is 0.571. The maximum absolute atomic E-state index is 13.8. The van der Waals surface area contributed by atoms with E-state index < -0.39 is 0 Å². The van der Waals surface area contributed by atoms with Crippen molar-refractivity contribution in [2.24, 2.45) is 0 Å². The van der Waals surface area contributed by atoms with Gasteiger partial charge in [-0.05, 0) is 31.1 Å². The van der Waals surface area contributed by atoms with Gasteiger partial charge >= 0.3 is 0 Å². The summed E-state index contributed by atoms with van der Waals surface area (Å²) in [4.78, 5) is 0. The molecule has 0 saturated carbocycles. The molecule has 0 aromatic heterocycles. The fourth-order valence-corrected chi connectivity index (χ4v) is 3.86. The molecule has 0 spiro atoms. The van der Waals surface area contributed by atoms with Crippen LogP contribution in [0.3, 0.4) is 0 Å². The number of hydrogen-bond donors (Lipinski definition) is 1. The molecule has 2 nitrogen and oxygen atoms in total. The van der Waals surface area contributed by atoms with E-state index in [-0.39, 0.29) is 11.9 Å². The van der Waals surface area contributed by atoms with Crippen LogP contribution in [0.25, 0.3) is 0 Å². The lowest BCUT2D eigenvalue weighted by Crippen LogP contribution is -2.32. The van der Waals surface area contributed by atoms with Crippen LogP contribution in [0.5, 0.6) is 5.75 Å². The first-order valence-corrected chi connectivity index (χ1v) is 7.75. The monoisotopic (exact) mass is 267 g/mol. The molecule has 0 bridgehead atoms. The van der Waals surface area contributed by atoms with Crippen LogP contribution in [0.4, 0.5) is 4.39 Å². The standard InChI is InChI=1S/C14H18FNOS/c15-12-4-1-3-11-13(5-2-7-17-14(11)12)16-10-6-8-18-9-10/h1,3-4,10,13,16H,2,5-9H2. The number of benzene rings is 1. The minimum absolute atomic E-state index is 0.234. The average molecular weight is 267 g/mol. The van der Waals surface area contributed by atoms with Crippen LogP contribution in [0.15, 0.2) is 18.2 Å². The number of ether oxygens (including phenoxy) is 1. The van der Waals surface area contributed by atoms with Crippen molar-refractivity contribution < 1.29 is 9.13 Å². The van der Waals surface area contributed by atoms with Crippen LogP contribution in [0.2, 0.25) is 0 Å². The normalized spacial score (nSPS) is 27.4. The highest BCUT2D eigenvalue weighted by Crippen LogP contribution is 2.34. The van der Waals surface area contributed by atoms with Gasteiger partial charge in [0.2, 0.25) is 0 Å². The first kappa shape index (κ1) is 12.3. The maximum atomic E-state index is 13.8. The van der Waals surface area contributed by atoms with Gasteiger partial charge in [-0.2, -0.15) is 11.8 Å². The predicted molar refractivity (Wildman–Crippen MR) is 72.7 cm³/mol. The van der Waals surface area contributed by atoms with Gasteiger partial charge < -0.3 is 10.1 Å². The quantitative estimate of drug-likeness (QED) is 0.889. The molecule has 2 unspecified atom stereocenters. The Hall–Kier alpha value is -0.740. The van der Waals surface area contributed by atoms with Crippen molar-refractivity contribution in [3.8, 4) is 5.75 Å². The summed E-state index contributed by atoms with van der Waals surface area (Å²) in [6, 6.07) is 6.05. The highest BCUT2D eigenvalue weighted by molar-refractivity contribution is 7.99. The maximum Gasteiger partial charge on any atom is 0.165 e. The summed E-state index contributed by atoms with van der Waals surface area (Å²) in [5.41, 5.74) is 0.990. The van der Waals surface area contributed by atoms with Crippen molar-refractivity contribution in [2.75, 3.05) is 18.1 Å². The van der Waals surface area contributed by atoms with Crippen LogP contribution in [-0.2, 0) is 0 Å². The molecular formula is C14H18FNOS. The minimum atomic E-state index is -0.234. The summed E-state index contributed by atoms with van der Waals surface area (Å²) in [6.07, 6.45) is 3.22. The molecule has 3 rings (SSSR count). The molecule has 18 heavy (non-hydrogen) atoms. The number of thioether (sulfide) groups is 1. The second kappa shape index (κ2) is 5.49. The van der Waals surface area contributed by atoms with Gasteiger partial charge in [-0.1, -0.05) is 12.1 Å². The molecule has 2 aliphatic rings. The summed E-state index contributed by atoms with van der Waals surface area (Å²) in [7, 11) is 0. The average Bonchev–Trinajstić information content (AvgIpc) is 2.79. The zero-order chi connectivity index (χ0) is 12.4. The summed E-state index contributed by atoms with van der Waals surface area (Å²) >= 11 is 1.99. The number of hydrogen-bond acceptors (Lipinski definition) is 3. The van der Waals surface area contributed by atoms with Crippen LogP contribution < -0.4 is 10.1 Å². The van der Waals surface area contributed by atoms with Crippen LogP contribution in [0, 0.1) is 5.82 Å². The van der Waals surface area contributed by atoms with Gasteiger partial charge in [0.15, 0.2) is 11.6 Å². The molecule has 1 saturated heterocycles. The molecule has 0 amide bonds. The van der Waals surface area contributed by atoms with E-state index in [2.05, 4.69) is 5.32 Å². The SMILES string of the molecule is Fc1cccc2c1OCCCC2NC1CCSC1. The van der Waals surface area contributed by atoms with Crippen LogP contribution in [0.1, 0.15) is 30.9 Å². The Morgan fingerprint density at radius 3 is 3.11 bits per heavy atom. The largest absolute Gasteiger partial charge is 0.490 e. The summed E-state index contributed by atoms with van der Waals surface area (Å²) in [6.45, 7) is 0.617. The second-order valence-corrected chi connectivity index (χ2v) is 6.08. The van der Waals surface area contributed by atoms with Gasteiger partial charge in [0.05, 0.1) is 6.61 Å². The van der Waals surface area contributed by atoms with Gasteiger partial charge in [-0.3, -0.25) is 0 Å². The summed E-state index contributed by atoms with van der Waals surface area (Å²) < 4.78 is 19.3. The molecule has 0 radical (unpaired) electrons. The number of para-hydroxylation sites is 1. The highest BCUT2D eigenvalue weighted by atomic mass is 32.2. The zero-order valence-electron chi connectivity index (χ0n) is 10.3. The van der Waals surface area contributed by atoms with Gasteiger partial charge in [-0.15, -0.1) is 0 Å².